The van der Waals surface area contributed by atoms with Crippen molar-refractivity contribution in [3.05, 3.63) is 11.5 Å². The first-order chi connectivity index (χ1) is 12.0. The lowest BCUT2D eigenvalue weighted by molar-refractivity contribution is -0.759. The Labute approximate surface area is 142 Å². The number of amides is 1. The van der Waals surface area contributed by atoms with Crippen LogP contribution < -0.4 is 9.80 Å². The molecule has 2 aliphatic heterocycles. The Bertz CT molecular complexity index is 590. The zero-order valence-corrected chi connectivity index (χ0v) is 13.2. The van der Waals surface area contributed by atoms with Gasteiger partial charge in [0.15, 0.2) is 0 Å². The van der Waals surface area contributed by atoms with Crippen LogP contribution in [0.1, 0.15) is 0 Å². The van der Waals surface area contributed by atoms with Crippen LogP contribution >= 0.6 is 0 Å². The van der Waals surface area contributed by atoms with E-state index in [-0.39, 0.29) is 5.88 Å². The average molecular weight is 360 g/mol. The van der Waals surface area contributed by atoms with Crippen LogP contribution in [0.15, 0.2) is 10.7 Å². The van der Waals surface area contributed by atoms with Crippen LogP contribution in [0.3, 0.4) is 0 Å². The van der Waals surface area contributed by atoms with Gasteiger partial charge in [0.1, 0.15) is 36.4 Å². The fourth-order valence-corrected chi connectivity index (χ4v) is 2.65. The highest BCUT2D eigenvalue weighted by atomic mass is 16.6. The van der Waals surface area contributed by atoms with Crippen molar-refractivity contribution in [1.29, 1.82) is 0 Å². The first-order valence-corrected chi connectivity index (χ1v) is 7.79. The number of ether oxygens (including phenoxy) is 2. The summed E-state index contributed by atoms with van der Waals surface area (Å²) < 4.78 is 15.3. The number of hydrogen-bond donors (Lipinski definition) is 4. The molecule has 0 unspecified atom stereocenters. The van der Waals surface area contributed by atoms with Gasteiger partial charge in [-0.25, -0.2) is 0 Å². The molecule has 3 heterocycles. The predicted octanol–water partition coefficient (Wildman–Crippen LogP) is -3.70. The number of hydrogen-bond acceptors (Lipinski definition) is 10. The summed E-state index contributed by atoms with van der Waals surface area (Å²) in [4.78, 5) is 13.6. The minimum Gasteiger partial charge on any atom is -0.586 e. The van der Waals surface area contributed by atoms with Gasteiger partial charge < -0.3 is 44.5 Å². The molecule has 0 aliphatic carbocycles. The van der Waals surface area contributed by atoms with Crippen LogP contribution in [0, 0.1) is 0 Å². The van der Waals surface area contributed by atoms with E-state index in [2.05, 4.69) is 10.6 Å². The third-order valence-corrected chi connectivity index (χ3v) is 4.08. The third kappa shape index (κ3) is 3.73. The Kier molecular flexibility index (Phi) is 5.46. The summed E-state index contributed by atoms with van der Waals surface area (Å²) in [6.07, 6.45) is -6.23. The molecule has 0 bridgehead atoms. The molecule has 140 valence electrons. The van der Waals surface area contributed by atoms with E-state index >= 15 is 0 Å². The second-order valence-corrected chi connectivity index (χ2v) is 5.73. The molecule has 1 amide bonds. The molecule has 2 saturated heterocycles. The largest absolute Gasteiger partial charge is 0.586 e. The van der Waals surface area contributed by atoms with Crippen LogP contribution in [0.2, 0.25) is 0 Å². The number of carbonyl (C=O) groups is 1. The lowest BCUT2D eigenvalue weighted by atomic mass is 9.95. The lowest BCUT2D eigenvalue weighted by Crippen LogP contribution is -2.62. The molecule has 0 saturated carbocycles. The van der Waals surface area contributed by atoms with Gasteiger partial charge in [-0.3, -0.25) is 0 Å². The minimum absolute atomic E-state index is 0.117. The van der Waals surface area contributed by atoms with Gasteiger partial charge in [0.05, 0.1) is 43.6 Å². The third-order valence-electron chi connectivity index (χ3n) is 4.08. The number of aliphatic hydroxyl groups is 4. The van der Waals surface area contributed by atoms with E-state index in [1.807, 2.05) is 5.01 Å². The maximum atomic E-state index is 12.2. The summed E-state index contributed by atoms with van der Waals surface area (Å²) in [5.41, 5.74) is 0. The summed E-state index contributed by atoms with van der Waals surface area (Å²) >= 11 is 0. The van der Waals surface area contributed by atoms with Gasteiger partial charge in [-0.15, -0.1) is 5.01 Å². The fourth-order valence-electron chi connectivity index (χ4n) is 2.65. The molecular weight excluding hydrogens is 340 g/mol. The quantitative estimate of drug-likeness (QED) is 0.393. The second kappa shape index (κ2) is 7.59. The van der Waals surface area contributed by atoms with E-state index in [0.717, 1.165) is 0 Å². The van der Waals surface area contributed by atoms with E-state index < -0.39 is 43.0 Å². The summed E-state index contributed by atoms with van der Waals surface area (Å²) in [5, 5.41) is 47.7. The van der Waals surface area contributed by atoms with Crippen LogP contribution in [0.25, 0.3) is 5.32 Å². The van der Waals surface area contributed by atoms with Crippen molar-refractivity contribution in [2.75, 3.05) is 37.9 Å². The molecule has 1 aromatic heterocycles. The highest BCUT2D eigenvalue weighted by Gasteiger charge is 2.44. The number of rotatable bonds is 4. The van der Waals surface area contributed by atoms with Crippen molar-refractivity contribution in [2.45, 2.75) is 30.5 Å². The molecule has 0 spiro atoms. The number of nitrogens with zero attached hydrogens (tertiary/aromatic N) is 4. The van der Waals surface area contributed by atoms with Crippen LogP contribution in [-0.4, -0.2) is 95.0 Å². The zero-order valence-electron chi connectivity index (χ0n) is 13.2. The van der Waals surface area contributed by atoms with Crippen molar-refractivity contribution in [2.24, 2.45) is 0 Å². The van der Waals surface area contributed by atoms with Gasteiger partial charge >= 0.3 is 0 Å². The number of carbonyl (C=O) groups excluding carboxylic acids is 1. The molecular formula is C13H20N4O8. The first-order valence-electron chi connectivity index (χ1n) is 7.79. The summed E-state index contributed by atoms with van der Waals surface area (Å²) in [7, 11) is 0. The SMILES string of the molecule is O=C([N-]c1c[n+](N2CCOCC2)no1)[C@@H]1O[C@H](CO)[C@H](O)[C@H](O)[C@H]1O. The molecule has 2 aliphatic rings. The van der Waals surface area contributed by atoms with Crippen molar-refractivity contribution in [3.8, 4) is 0 Å². The molecule has 25 heavy (non-hydrogen) atoms. The monoisotopic (exact) mass is 360 g/mol. The summed E-state index contributed by atoms with van der Waals surface area (Å²) in [6, 6.07) is 0. The molecule has 0 aromatic carbocycles. The van der Waals surface area contributed by atoms with E-state index in [1.54, 1.807) is 0 Å². The highest BCUT2D eigenvalue weighted by molar-refractivity contribution is 5.98. The maximum Gasteiger partial charge on any atom is 0.257 e. The molecule has 1 aromatic rings. The van der Waals surface area contributed by atoms with Crippen LogP contribution in [0.5, 0.6) is 0 Å². The van der Waals surface area contributed by atoms with Crippen molar-refractivity contribution < 1.29 is 44.0 Å². The van der Waals surface area contributed by atoms with E-state index in [1.165, 1.54) is 11.0 Å². The van der Waals surface area contributed by atoms with E-state index in [4.69, 9.17) is 19.1 Å². The van der Waals surface area contributed by atoms with Crippen LogP contribution in [-0.2, 0) is 14.3 Å². The van der Waals surface area contributed by atoms with E-state index in [0.29, 0.717) is 26.3 Å². The maximum absolute atomic E-state index is 12.2. The van der Waals surface area contributed by atoms with Crippen molar-refractivity contribution in [3.63, 3.8) is 0 Å². The molecule has 5 atom stereocenters. The van der Waals surface area contributed by atoms with Gasteiger partial charge in [-0.1, -0.05) is 0 Å². The first kappa shape index (κ1) is 18.0. The number of morpholine rings is 1. The van der Waals surface area contributed by atoms with Crippen molar-refractivity contribution >= 4 is 11.8 Å². The Morgan fingerprint density at radius 3 is 2.68 bits per heavy atom. The van der Waals surface area contributed by atoms with E-state index in [9.17, 15) is 20.1 Å². The predicted molar refractivity (Wildman–Crippen MR) is 77.3 cm³/mol. The Morgan fingerprint density at radius 2 is 2.00 bits per heavy atom. The topological polar surface area (TPSA) is 164 Å². The van der Waals surface area contributed by atoms with Crippen LogP contribution in [0.4, 0.5) is 5.88 Å². The lowest BCUT2D eigenvalue weighted by Gasteiger charge is -2.41. The Balaban J connectivity index is 1.64. The molecule has 4 N–H and O–H groups in total. The van der Waals surface area contributed by atoms with Gasteiger partial charge in [0.25, 0.3) is 6.20 Å². The van der Waals surface area contributed by atoms with Gasteiger partial charge in [-0.2, -0.15) is 0 Å². The smallest absolute Gasteiger partial charge is 0.257 e. The Morgan fingerprint density at radius 1 is 1.28 bits per heavy atom. The summed E-state index contributed by atoms with van der Waals surface area (Å²) in [6.45, 7) is 1.63. The summed E-state index contributed by atoms with van der Waals surface area (Å²) in [5.74, 6) is -1.05. The van der Waals surface area contributed by atoms with Crippen molar-refractivity contribution in [1.82, 2.24) is 5.27 Å². The number of aromatic nitrogens is 2. The minimum atomic E-state index is -1.69. The van der Waals surface area contributed by atoms with Gasteiger partial charge in [-0.05, 0) is 0 Å². The zero-order chi connectivity index (χ0) is 18.0. The average Bonchev–Trinajstić information content (AvgIpc) is 3.09. The molecule has 2 fully saturated rings. The normalized spacial score (nSPS) is 33.3. The second-order valence-electron chi connectivity index (χ2n) is 5.73. The molecule has 0 radical (unpaired) electrons. The standard InChI is InChI=1S/C13H20N4O8/c18-6-7-9(19)10(20)11(21)12(24-7)13(22)14-8-5-17(15-25-8)16-1-3-23-4-2-16/h5,7,9-12,18-21H,1-4,6H2/t7-,9+,10+,11-,12-/m1/s1. The molecule has 3 rings (SSSR count). The van der Waals surface area contributed by atoms with Gasteiger partial charge in [0, 0.05) is 0 Å². The fraction of sp³-hybridized carbons (Fsp3) is 0.769. The van der Waals surface area contributed by atoms with Gasteiger partial charge in [0.2, 0.25) is 5.27 Å². The Hall–Kier alpha value is -1.83. The highest BCUT2D eigenvalue weighted by Crippen LogP contribution is 2.26. The molecule has 12 heteroatoms. The molecule has 12 nitrogen and oxygen atoms in total. The number of aliphatic hydroxyl groups excluding tert-OH is 4.